The summed E-state index contributed by atoms with van der Waals surface area (Å²) >= 11 is 0. The quantitative estimate of drug-likeness (QED) is 0.744. The first-order valence-electron chi connectivity index (χ1n) is 9.16. The minimum atomic E-state index is -0.509. The van der Waals surface area contributed by atoms with Crippen LogP contribution in [0.25, 0.3) is 0 Å². The molecule has 0 unspecified atom stereocenters. The lowest BCUT2D eigenvalue weighted by molar-refractivity contribution is -0.128. The van der Waals surface area contributed by atoms with Gasteiger partial charge in [0.25, 0.3) is 5.91 Å². The smallest absolute Gasteiger partial charge is 0.261 e. The van der Waals surface area contributed by atoms with E-state index in [1.807, 2.05) is 57.2 Å². The van der Waals surface area contributed by atoms with Gasteiger partial charge in [0.1, 0.15) is 11.5 Å². The number of amides is 1. The van der Waals surface area contributed by atoms with E-state index in [0.29, 0.717) is 6.42 Å². The van der Waals surface area contributed by atoms with Gasteiger partial charge in [-0.05, 0) is 61.6 Å². The van der Waals surface area contributed by atoms with E-state index >= 15 is 0 Å². The lowest BCUT2D eigenvalue weighted by Gasteiger charge is -2.23. The summed E-state index contributed by atoms with van der Waals surface area (Å²) in [5.74, 6) is 1.49. The highest BCUT2D eigenvalue weighted by atomic mass is 16.5. The monoisotopic (exact) mass is 355 g/mol. The maximum Gasteiger partial charge on any atom is 0.261 e. The van der Waals surface area contributed by atoms with Crippen LogP contribution in [0, 0.1) is 13.8 Å². The molecule has 0 aromatic heterocycles. The van der Waals surface area contributed by atoms with E-state index < -0.39 is 6.10 Å². The van der Waals surface area contributed by atoms with E-state index in [4.69, 9.17) is 9.47 Å². The van der Waals surface area contributed by atoms with Crippen molar-refractivity contribution in [3.8, 4) is 11.5 Å². The first kappa shape index (κ1) is 19.8. The fourth-order valence-electron chi connectivity index (χ4n) is 2.98. The molecule has 2 atom stereocenters. The van der Waals surface area contributed by atoms with Gasteiger partial charge in [-0.1, -0.05) is 38.1 Å². The Bertz CT molecular complexity index is 742. The zero-order valence-electron chi connectivity index (χ0n) is 16.3. The lowest BCUT2D eigenvalue weighted by atomic mass is 10.0. The second-order valence-electron chi connectivity index (χ2n) is 6.53. The Labute approximate surface area is 156 Å². The summed E-state index contributed by atoms with van der Waals surface area (Å²) in [6.07, 6.45) is 0.904. The maximum atomic E-state index is 12.8. The molecule has 2 aromatic rings. The fraction of sp³-hybridized carbons (Fsp3) is 0.409. The Kier molecular flexibility index (Phi) is 7.07. The van der Waals surface area contributed by atoms with Gasteiger partial charge in [-0.2, -0.15) is 0 Å². The molecule has 0 spiro atoms. The zero-order chi connectivity index (χ0) is 19.1. The molecule has 4 nitrogen and oxygen atoms in total. The zero-order valence-corrected chi connectivity index (χ0v) is 16.3. The number of nitrogens with one attached hydrogen (secondary N) is 1. The Hall–Kier alpha value is -2.49. The average molecular weight is 355 g/mol. The molecule has 4 heteroatoms. The van der Waals surface area contributed by atoms with Crippen molar-refractivity contribution >= 4 is 5.91 Å². The molecule has 0 aliphatic rings. The van der Waals surface area contributed by atoms with Crippen LogP contribution >= 0.6 is 0 Å². The topological polar surface area (TPSA) is 47.6 Å². The third-order valence-electron chi connectivity index (χ3n) is 4.48. The molecule has 0 radical (unpaired) electrons. The van der Waals surface area contributed by atoms with Gasteiger partial charge < -0.3 is 14.8 Å². The molecule has 0 saturated heterocycles. The van der Waals surface area contributed by atoms with Gasteiger partial charge >= 0.3 is 0 Å². The van der Waals surface area contributed by atoms with Crippen LogP contribution in [0.15, 0.2) is 42.5 Å². The SMILES string of the molecule is CC[C@H](NC(=O)[C@@H](CC)Oc1cccc(C)c1)c1ccc(OC)c(C)c1. The van der Waals surface area contributed by atoms with Crippen molar-refractivity contribution in [2.24, 2.45) is 0 Å². The summed E-state index contributed by atoms with van der Waals surface area (Å²) < 4.78 is 11.2. The molecule has 140 valence electrons. The Morgan fingerprint density at radius 2 is 1.85 bits per heavy atom. The third-order valence-corrected chi connectivity index (χ3v) is 4.48. The van der Waals surface area contributed by atoms with E-state index in [-0.39, 0.29) is 11.9 Å². The Morgan fingerprint density at radius 3 is 2.42 bits per heavy atom. The summed E-state index contributed by atoms with van der Waals surface area (Å²) in [5.41, 5.74) is 3.24. The van der Waals surface area contributed by atoms with E-state index in [9.17, 15) is 4.79 Å². The Morgan fingerprint density at radius 1 is 1.08 bits per heavy atom. The minimum absolute atomic E-state index is 0.0535. The van der Waals surface area contributed by atoms with E-state index in [1.54, 1.807) is 7.11 Å². The number of aryl methyl sites for hydroxylation is 2. The first-order chi connectivity index (χ1) is 12.5. The van der Waals surface area contributed by atoms with Crippen molar-refractivity contribution in [2.75, 3.05) is 7.11 Å². The van der Waals surface area contributed by atoms with Gasteiger partial charge in [-0.3, -0.25) is 4.79 Å². The molecular formula is C22H29NO3. The number of hydrogen-bond donors (Lipinski definition) is 1. The molecule has 2 aromatic carbocycles. The second-order valence-corrected chi connectivity index (χ2v) is 6.53. The summed E-state index contributed by atoms with van der Waals surface area (Å²) in [6, 6.07) is 13.7. The van der Waals surface area contributed by atoms with Gasteiger partial charge in [-0.25, -0.2) is 0 Å². The highest BCUT2D eigenvalue weighted by Crippen LogP contribution is 2.24. The summed E-state index contributed by atoms with van der Waals surface area (Å²) in [4.78, 5) is 12.8. The van der Waals surface area contributed by atoms with Gasteiger partial charge in [-0.15, -0.1) is 0 Å². The molecular weight excluding hydrogens is 326 g/mol. The number of hydrogen-bond acceptors (Lipinski definition) is 3. The number of benzene rings is 2. The molecule has 2 rings (SSSR count). The summed E-state index contributed by atoms with van der Waals surface area (Å²) in [6.45, 7) is 8.03. The van der Waals surface area contributed by atoms with Crippen LogP contribution in [0.3, 0.4) is 0 Å². The minimum Gasteiger partial charge on any atom is -0.496 e. The van der Waals surface area contributed by atoms with Crippen LogP contribution < -0.4 is 14.8 Å². The molecule has 0 aliphatic carbocycles. The predicted octanol–water partition coefficient (Wildman–Crippen LogP) is 4.74. The van der Waals surface area contributed by atoms with Crippen molar-refractivity contribution in [2.45, 2.75) is 52.7 Å². The van der Waals surface area contributed by atoms with Crippen LogP contribution in [0.1, 0.15) is 49.4 Å². The predicted molar refractivity (Wildman–Crippen MR) is 105 cm³/mol. The van der Waals surface area contributed by atoms with Crippen LogP contribution in [-0.2, 0) is 4.79 Å². The molecule has 0 bridgehead atoms. The second kappa shape index (κ2) is 9.27. The first-order valence-corrected chi connectivity index (χ1v) is 9.16. The number of methoxy groups -OCH3 is 1. The Balaban J connectivity index is 2.10. The van der Waals surface area contributed by atoms with Crippen LogP contribution in [0.4, 0.5) is 0 Å². The molecule has 1 amide bonds. The number of carbonyl (C=O) groups excluding carboxylic acids is 1. The molecule has 0 heterocycles. The average Bonchev–Trinajstić information content (AvgIpc) is 2.64. The van der Waals surface area contributed by atoms with Crippen molar-refractivity contribution < 1.29 is 14.3 Å². The van der Waals surface area contributed by atoms with E-state index in [0.717, 1.165) is 34.6 Å². The van der Waals surface area contributed by atoms with E-state index in [1.165, 1.54) is 0 Å². The molecule has 0 saturated carbocycles. The molecule has 0 aliphatic heterocycles. The largest absolute Gasteiger partial charge is 0.496 e. The van der Waals surface area contributed by atoms with Gasteiger partial charge in [0.2, 0.25) is 0 Å². The fourth-order valence-corrected chi connectivity index (χ4v) is 2.98. The van der Waals surface area contributed by atoms with Gasteiger partial charge in [0.05, 0.1) is 13.2 Å². The van der Waals surface area contributed by atoms with Crippen LogP contribution in [0.2, 0.25) is 0 Å². The van der Waals surface area contributed by atoms with Crippen molar-refractivity contribution in [1.29, 1.82) is 0 Å². The lowest BCUT2D eigenvalue weighted by Crippen LogP contribution is -2.40. The van der Waals surface area contributed by atoms with E-state index in [2.05, 4.69) is 18.3 Å². The highest BCUT2D eigenvalue weighted by molar-refractivity contribution is 5.81. The molecule has 0 fully saturated rings. The standard InChI is InChI=1S/C22H29NO3/c1-6-19(17-11-12-21(25-5)16(4)14-17)23-22(24)20(7-2)26-18-10-8-9-15(3)13-18/h8-14,19-20H,6-7H2,1-5H3,(H,23,24)/t19-,20+/m0/s1. The van der Waals surface area contributed by atoms with Crippen molar-refractivity contribution in [3.05, 3.63) is 59.2 Å². The van der Waals surface area contributed by atoms with Crippen LogP contribution in [-0.4, -0.2) is 19.1 Å². The van der Waals surface area contributed by atoms with Crippen molar-refractivity contribution in [3.63, 3.8) is 0 Å². The van der Waals surface area contributed by atoms with Crippen molar-refractivity contribution in [1.82, 2.24) is 5.32 Å². The number of carbonyl (C=O) groups is 1. The number of ether oxygens (including phenoxy) is 2. The summed E-state index contributed by atoms with van der Waals surface area (Å²) in [7, 11) is 1.66. The highest BCUT2D eigenvalue weighted by Gasteiger charge is 2.22. The molecule has 1 N–H and O–H groups in total. The normalized spacial score (nSPS) is 13.0. The van der Waals surface area contributed by atoms with Gasteiger partial charge in [0.15, 0.2) is 6.10 Å². The maximum absolute atomic E-state index is 12.8. The van der Waals surface area contributed by atoms with Gasteiger partial charge in [0, 0.05) is 0 Å². The summed E-state index contributed by atoms with van der Waals surface area (Å²) in [5, 5.41) is 3.13. The third kappa shape index (κ3) is 5.01. The number of rotatable bonds is 8. The molecule has 26 heavy (non-hydrogen) atoms. The van der Waals surface area contributed by atoms with Crippen LogP contribution in [0.5, 0.6) is 11.5 Å².